The Kier molecular flexibility index (Phi) is 3.65. The van der Waals surface area contributed by atoms with Crippen LogP contribution in [-0.4, -0.2) is 42.5 Å². The van der Waals surface area contributed by atoms with Crippen LogP contribution in [0.5, 0.6) is 0 Å². The molecular weight excluding hydrogens is 238 g/mol. The minimum Gasteiger partial charge on any atom is -0.328 e. The highest BCUT2D eigenvalue weighted by atomic mass is 16.2. The molecule has 1 fully saturated rings. The highest BCUT2D eigenvalue weighted by Crippen LogP contribution is 2.30. The van der Waals surface area contributed by atoms with Crippen LogP contribution in [0.2, 0.25) is 0 Å². The summed E-state index contributed by atoms with van der Waals surface area (Å²) in [5.74, 6) is 0.0959. The van der Waals surface area contributed by atoms with Crippen molar-refractivity contribution in [3.05, 3.63) is 29.8 Å². The second-order valence-corrected chi connectivity index (χ2v) is 5.89. The fraction of sp³-hybridized carbons (Fsp3) is 0.533. The van der Waals surface area contributed by atoms with Crippen molar-refractivity contribution in [1.29, 1.82) is 0 Å². The zero-order chi connectivity index (χ0) is 14.2. The lowest BCUT2D eigenvalue weighted by molar-refractivity contribution is -0.128. The summed E-state index contributed by atoms with van der Waals surface area (Å²) in [7, 11) is 1.98. The number of para-hydroxylation sites is 1. The van der Waals surface area contributed by atoms with Crippen molar-refractivity contribution in [1.82, 2.24) is 4.90 Å². The summed E-state index contributed by atoms with van der Waals surface area (Å²) >= 11 is 0. The molecule has 0 saturated carbocycles. The Bertz CT molecular complexity index is 484. The third-order valence-corrected chi connectivity index (χ3v) is 4.15. The van der Waals surface area contributed by atoms with Gasteiger partial charge in [0.25, 0.3) is 0 Å². The van der Waals surface area contributed by atoms with Crippen molar-refractivity contribution < 1.29 is 4.79 Å². The molecule has 1 unspecified atom stereocenters. The molecule has 4 nitrogen and oxygen atoms in total. The Labute approximate surface area is 115 Å². The van der Waals surface area contributed by atoms with Crippen molar-refractivity contribution in [2.24, 2.45) is 5.73 Å². The number of aryl methyl sites for hydroxylation is 1. The molecule has 104 valence electrons. The summed E-state index contributed by atoms with van der Waals surface area (Å²) in [5, 5.41) is 0. The first-order valence-corrected chi connectivity index (χ1v) is 6.68. The van der Waals surface area contributed by atoms with Gasteiger partial charge in [0, 0.05) is 24.3 Å². The average molecular weight is 261 g/mol. The van der Waals surface area contributed by atoms with E-state index in [0.29, 0.717) is 13.1 Å². The number of hydrogen-bond donors (Lipinski definition) is 1. The largest absolute Gasteiger partial charge is 0.328 e. The van der Waals surface area contributed by atoms with E-state index in [1.54, 1.807) is 0 Å². The summed E-state index contributed by atoms with van der Waals surface area (Å²) in [6, 6.07) is 7.75. The van der Waals surface area contributed by atoms with Gasteiger partial charge in [-0.25, -0.2) is 0 Å². The molecular formula is C15H23N3O. The average Bonchev–Trinajstić information content (AvgIpc) is 2.36. The Morgan fingerprint density at radius 2 is 2.00 bits per heavy atom. The molecule has 1 heterocycles. The SMILES string of the molecule is Cc1ccccc1N1CC(C)(C)N(C)C(CN)C1=O. The van der Waals surface area contributed by atoms with Gasteiger partial charge < -0.3 is 10.6 Å². The quantitative estimate of drug-likeness (QED) is 0.875. The molecule has 1 atom stereocenters. The van der Waals surface area contributed by atoms with Crippen molar-refractivity contribution in [3.8, 4) is 0 Å². The van der Waals surface area contributed by atoms with Crippen LogP contribution in [0, 0.1) is 6.92 Å². The maximum absolute atomic E-state index is 12.6. The molecule has 1 amide bonds. The van der Waals surface area contributed by atoms with E-state index >= 15 is 0 Å². The number of amides is 1. The predicted molar refractivity (Wildman–Crippen MR) is 78.2 cm³/mol. The van der Waals surface area contributed by atoms with Crippen LogP contribution in [0.25, 0.3) is 0 Å². The normalized spacial score (nSPS) is 23.7. The number of likely N-dealkylation sites (N-methyl/N-ethyl adjacent to an activating group) is 1. The molecule has 4 heteroatoms. The summed E-state index contributed by atoms with van der Waals surface area (Å²) in [5.41, 5.74) is 7.82. The Hall–Kier alpha value is -1.39. The minimum atomic E-state index is -0.247. The van der Waals surface area contributed by atoms with E-state index in [2.05, 4.69) is 18.7 Å². The molecule has 19 heavy (non-hydrogen) atoms. The number of carbonyl (C=O) groups excluding carboxylic acids is 1. The van der Waals surface area contributed by atoms with Crippen LogP contribution in [-0.2, 0) is 4.79 Å². The molecule has 1 saturated heterocycles. The molecule has 0 radical (unpaired) electrons. The van der Waals surface area contributed by atoms with Gasteiger partial charge in [-0.05, 0) is 39.4 Å². The van der Waals surface area contributed by atoms with Gasteiger partial charge in [-0.15, -0.1) is 0 Å². The van der Waals surface area contributed by atoms with Gasteiger partial charge >= 0.3 is 0 Å². The number of hydrogen-bond acceptors (Lipinski definition) is 3. The fourth-order valence-electron chi connectivity index (χ4n) is 2.67. The van der Waals surface area contributed by atoms with Gasteiger partial charge in [-0.1, -0.05) is 18.2 Å². The molecule has 1 aromatic carbocycles. The maximum Gasteiger partial charge on any atom is 0.245 e. The molecule has 0 aromatic heterocycles. The van der Waals surface area contributed by atoms with Crippen LogP contribution >= 0.6 is 0 Å². The minimum absolute atomic E-state index is 0.0831. The second kappa shape index (κ2) is 4.94. The molecule has 2 N–H and O–H groups in total. The van der Waals surface area contributed by atoms with Crippen LogP contribution in [0.15, 0.2) is 24.3 Å². The monoisotopic (exact) mass is 261 g/mol. The molecule has 1 aromatic rings. The Balaban J connectivity index is 2.41. The number of nitrogens with two attached hydrogens (primary N) is 1. The van der Waals surface area contributed by atoms with Crippen molar-refractivity contribution in [2.75, 3.05) is 25.0 Å². The number of rotatable bonds is 2. The maximum atomic E-state index is 12.6. The van der Waals surface area contributed by atoms with E-state index in [4.69, 9.17) is 5.73 Å². The number of benzene rings is 1. The number of piperazine rings is 1. The first-order chi connectivity index (χ1) is 8.88. The van der Waals surface area contributed by atoms with Crippen molar-refractivity contribution in [2.45, 2.75) is 32.4 Å². The van der Waals surface area contributed by atoms with E-state index in [1.807, 2.05) is 43.1 Å². The first kappa shape index (κ1) is 14.0. The van der Waals surface area contributed by atoms with E-state index in [-0.39, 0.29) is 17.5 Å². The number of anilines is 1. The fourth-order valence-corrected chi connectivity index (χ4v) is 2.67. The molecule has 0 spiro atoms. The van der Waals surface area contributed by atoms with Crippen LogP contribution in [0.3, 0.4) is 0 Å². The van der Waals surface area contributed by atoms with E-state index in [1.165, 1.54) is 0 Å². The number of carbonyl (C=O) groups is 1. The van der Waals surface area contributed by atoms with Gasteiger partial charge in [0.1, 0.15) is 6.04 Å². The lowest BCUT2D eigenvalue weighted by atomic mass is 9.94. The molecule has 0 aliphatic carbocycles. The standard InChI is InChI=1S/C15H23N3O/c1-11-7-5-6-8-12(11)18-10-15(2,3)17(4)13(9-16)14(18)19/h5-8,13H,9-10,16H2,1-4H3. The van der Waals surface area contributed by atoms with E-state index in [0.717, 1.165) is 11.3 Å². The van der Waals surface area contributed by atoms with Gasteiger partial charge in [0.2, 0.25) is 5.91 Å². The van der Waals surface area contributed by atoms with Crippen LogP contribution < -0.4 is 10.6 Å². The highest BCUT2D eigenvalue weighted by Gasteiger charge is 2.43. The zero-order valence-electron chi connectivity index (χ0n) is 12.2. The van der Waals surface area contributed by atoms with Crippen LogP contribution in [0.1, 0.15) is 19.4 Å². The topological polar surface area (TPSA) is 49.6 Å². The van der Waals surface area contributed by atoms with Crippen molar-refractivity contribution >= 4 is 11.6 Å². The second-order valence-electron chi connectivity index (χ2n) is 5.89. The third-order valence-electron chi connectivity index (χ3n) is 4.15. The summed E-state index contributed by atoms with van der Waals surface area (Å²) in [6.07, 6.45) is 0. The van der Waals surface area contributed by atoms with Gasteiger partial charge in [0.05, 0.1) is 0 Å². The van der Waals surface area contributed by atoms with E-state index < -0.39 is 0 Å². The molecule has 1 aliphatic rings. The van der Waals surface area contributed by atoms with Gasteiger partial charge in [0.15, 0.2) is 0 Å². The van der Waals surface area contributed by atoms with Gasteiger partial charge in [-0.3, -0.25) is 9.69 Å². The van der Waals surface area contributed by atoms with E-state index in [9.17, 15) is 4.79 Å². The zero-order valence-corrected chi connectivity index (χ0v) is 12.2. The van der Waals surface area contributed by atoms with Crippen molar-refractivity contribution in [3.63, 3.8) is 0 Å². The van der Waals surface area contributed by atoms with Gasteiger partial charge in [-0.2, -0.15) is 0 Å². The number of nitrogens with zero attached hydrogens (tertiary/aromatic N) is 2. The highest BCUT2D eigenvalue weighted by molar-refractivity contribution is 5.99. The predicted octanol–water partition coefficient (Wildman–Crippen LogP) is 1.38. The first-order valence-electron chi connectivity index (χ1n) is 6.68. The third kappa shape index (κ3) is 2.38. The lowest BCUT2D eigenvalue weighted by Gasteiger charge is -2.49. The molecule has 0 bridgehead atoms. The van der Waals surface area contributed by atoms with Crippen LogP contribution in [0.4, 0.5) is 5.69 Å². The molecule has 2 rings (SSSR count). The molecule has 1 aliphatic heterocycles. The Morgan fingerprint density at radius 3 is 2.58 bits per heavy atom. The Morgan fingerprint density at radius 1 is 1.37 bits per heavy atom. The summed E-state index contributed by atoms with van der Waals surface area (Å²) in [4.78, 5) is 16.6. The summed E-state index contributed by atoms with van der Waals surface area (Å²) in [6.45, 7) is 7.36. The lowest BCUT2D eigenvalue weighted by Crippen LogP contribution is -2.67. The smallest absolute Gasteiger partial charge is 0.245 e. The summed E-state index contributed by atoms with van der Waals surface area (Å²) < 4.78 is 0.